The summed E-state index contributed by atoms with van der Waals surface area (Å²) in [6.45, 7) is 4.14. The van der Waals surface area contributed by atoms with Crippen molar-refractivity contribution in [1.82, 2.24) is 14.5 Å². The number of ketones is 1. The van der Waals surface area contributed by atoms with Gasteiger partial charge in [-0.1, -0.05) is 0 Å². The van der Waals surface area contributed by atoms with Crippen molar-refractivity contribution >= 4 is 22.3 Å². The number of thiazole rings is 1. The van der Waals surface area contributed by atoms with E-state index in [9.17, 15) is 4.79 Å². The molecule has 0 fully saturated rings. The van der Waals surface area contributed by atoms with Gasteiger partial charge >= 0.3 is 0 Å². The summed E-state index contributed by atoms with van der Waals surface area (Å²) in [7, 11) is 0. The maximum absolute atomic E-state index is 11.2. The van der Waals surface area contributed by atoms with E-state index in [0.29, 0.717) is 5.69 Å². The molecule has 0 saturated heterocycles. The van der Waals surface area contributed by atoms with Crippen LogP contribution in [0.15, 0.2) is 17.8 Å². The summed E-state index contributed by atoms with van der Waals surface area (Å²) in [5.41, 5.74) is 0.555. The second-order valence-electron chi connectivity index (χ2n) is 4.03. The van der Waals surface area contributed by atoms with Crippen molar-refractivity contribution in [2.75, 3.05) is 11.4 Å². The molecule has 2 aromatic heterocycles. The highest BCUT2D eigenvalue weighted by molar-refractivity contribution is 7.13. The van der Waals surface area contributed by atoms with E-state index in [4.69, 9.17) is 0 Å². The number of nitrogens with zero attached hydrogens (tertiary/aromatic N) is 4. The first-order valence-electron chi connectivity index (χ1n) is 5.45. The first-order valence-corrected chi connectivity index (χ1v) is 6.33. The number of carbonyl (C=O) groups excluding carboxylic acids is 1. The van der Waals surface area contributed by atoms with Gasteiger partial charge < -0.3 is 9.47 Å². The minimum atomic E-state index is 0.0195. The van der Waals surface area contributed by atoms with Crippen molar-refractivity contribution < 1.29 is 4.79 Å². The molecule has 5 nitrogen and oxygen atoms in total. The molecule has 0 N–H and O–H groups in total. The molecule has 88 valence electrons. The van der Waals surface area contributed by atoms with E-state index in [2.05, 4.69) is 19.4 Å². The van der Waals surface area contributed by atoms with E-state index in [-0.39, 0.29) is 5.78 Å². The summed E-state index contributed by atoms with van der Waals surface area (Å²) in [5.74, 6) is 1.07. The Kier molecular flexibility index (Phi) is 2.44. The van der Waals surface area contributed by atoms with E-state index in [1.807, 2.05) is 17.8 Å². The minimum Gasteiger partial charge on any atom is -0.339 e. The van der Waals surface area contributed by atoms with Gasteiger partial charge in [0.15, 0.2) is 10.9 Å². The third kappa shape index (κ3) is 1.84. The Morgan fingerprint density at radius 3 is 3.12 bits per heavy atom. The maximum Gasteiger partial charge on any atom is 0.186 e. The molecule has 0 saturated carbocycles. The summed E-state index contributed by atoms with van der Waals surface area (Å²) < 4.78 is 2.15. The van der Waals surface area contributed by atoms with Gasteiger partial charge in [0, 0.05) is 37.8 Å². The minimum absolute atomic E-state index is 0.0195. The fourth-order valence-corrected chi connectivity index (χ4v) is 2.80. The first kappa shape index (κ1) is 10.5. The van der Waals surface area contributed by atoms with E-state index in [1.165, 1.54) is 11.3 Å². The summed E-state index contributed by atoms with van der Waals surface area (Å²) in [5, 5.41) is 2.73. The Bertz CT molecular complexity index is 559. The first-order chi connectivity index (χ1) is 8.24. The number of hydrogen-bond donors (Lipinski definition) is 0. The average molecular weight is 248 g/mol. The number of imidazole rings is 1. The second-order valence-corrected chi connectivity index (χ2v) is 4.87. The molecule has 6 heteroatoms. The van der Waals surface area contributed by atoms with E-state index in [0.717, 1.165) is 30.6 Å². The molecule has 0 amide bonds. The van der Waals surface area contributed by atoms with Crippen molar-refractivity contribution in [2.45, 2.75) is 20.0 Å². The third-order valence-electron chi connectivity index (χ3n) is 2.87. The van der Waals surface area contributed by atoms with Crippen molar-refractivity contribution in [3.8, 4) is 0 Å². The molecule has 1 aliphatic rings. The highest BCUT2D eigenvalue weighted by atomic mass is 32.1. The lowest BCUT2D eigenvalue weighted by molar-refractivity contribution is 0.101. The number of Topliss-reactive ketones (excluding diaryl/α,β-unsaturated/α-hetero) is 1. The zero-order valence-corrected chi connectivity index (χ0v) is 10.3. The van der Waals surface area contributed by atoms with Gasteiger partial charge in [-0.25, -0.2) is 9.97 Å². The molecule has 0 atom stereocenters. The molecule has 1 aliphatic heterocycles. The summed E-state index contributed by atoms with van der Waals surface area (Å²) >= 11 is 1.52. The lowest BCUT2D eigenvalue weighted by Crippen LogP contribution is -2.33. The Hall–Kier alpha value is -1.69. The van der Waals surface area contributed by atoms with E-state index < -0.39 is 0 Å². The van der Waals surface area contributed by atoms with Gasteiger partial charge in [-0.2, -0.15) is 0 Å². The van der Waals surface area contributed by atoms with Gasteiger partial charge in [0.25, 0.3) is 0 Å². The quantitative estimate of drug-likeness (QED) is 0.757. The molecular formula is C11H12N4OS. The van der Waals surface area contributed by atoms with Crippen molar-refractivity contribution in [2.24, 2.45) is 0 Å². The van der Waals surface area contributed by atoms with Crippen LogP contribution in [-0.4, -0.2) is 26.9 Å². The average Bonchev–Trinajstić information content (AvgIpc) is 2.97. The van der Waals surface area contributed by atoms with Gasteiger partial charge in [0.1, 0.15) is 11.5 Å². The molecule has 0 spiro atoms. The van der Waals surface area contributed by atoms with Crippen LogP contribution < -0.4 is 4.90 Å². The van der Waals surface area contributed by atoms with Crippen LogP contribution in [0.2, 0.25) is 0 Å². The monoisotopic (exact) mass is 248 g/mol. The summed E-state index contributed by atoms with van der Waals surface area (Å²) in [6, 6.07) is 0. The van der Waals surface area contributed by atoms with Crippen LogP contribution in [0.4, 0.5) is 5.13 Å². The number of rotatable bonds is 2. The van der Waals surface area contributed by atoms with E-state index in [1.54, 1.807) is 6.92 Å². The summed E-state index contributed by atoms with van der Waals surface area (Å²) in [6.07, 6.45) is 3.82. The van der Waals surface area contributed by atoms with Crippen LogP contribution in [0.1, 0.15) is 23.2 Å². The van der Waals surface area contributed by atoms with Crippen molar-refractivity contribution in [3.05, 3.63) is 29.3 Å². The maximum atomic E-state index is 11.2. The molecule has 0 bridgehead atoms. The number of carbonyl (C=O) groups is 1. The van der Waals surface area contributed by atoms with Crippen LogP contribution in [0.25, 0.3) is 0 Å². The molecule has 0 aromatic carbocycles. The van der Waals surface area contributed by atoms with Gasteiger partial charge in [-0.15, -0.1) is 11.3 Å². The van der Waals surface area contributed by atoms with Gasteiger partial charge in [0.2, 0.25) is 0 Å². The Balaban J connectivity index is 1.84. The van der Waals surface area contributed by atoms with Gasteiger partial charge in [0.05, 0.1) is 6.54 Å². The predicted molar refractivity (Wildman–Crippen MR) is 65.4 cm³/mol. The highest BCUT2D eigenvalue weighted by Gasteiger charge is 2.19. The topological polar surface area (TPSA) is 51.0 Å². The third-order valence-corrected chi connectivity index (χ3v) is 3.77. The zero-order chi connectivity index (χ0) is 11.8. The summed E-state index contributed by atoms with van der Waals surface area (Å²) in [4.78, 5) is 22.0. The number of anilines is 1. The van der Waals surface area contributed by atoms with Crippen LogP contribution in [0.3, 0.4) is 0 Å². The predicted octanol–water partition coefficient (Wildman–Crippen LogP) is 1.56. The lowest BCUT2D eigenvalue weighted by atomic mass is 10.3. The van der Waals surface area contributed by atoms with Crippen LogP contribution in [0.5, 0.6) is 0 Å². The van der Waals surface area contributed by atoms with Gasteiger partial charge in [-0.05, 0) is 0 Å². The Labute approximate surface area is 103 Å². The Morgan fingerprint density at radius 1 is 1.47 bits per heavy atom. The van der Waals surface area contributed by atoms with Gasteiger partial charge in [-0.3, -0.25) is 4.79 Å². The molecule has 0 aliphatic carbocycles. The molecule has 0 radical (unpaired) electrons. The molecule has 17 heavy (non-hydrogen) atoms. The number of aromatic nitrogens is 3. The van der Waals surface area contributed by atoms with Crippen molar-refractivity contribution in [3.63, 3.8) is 0 Å². The second kappa shape index (κ2) is 3.96. The Morgan fingerprint density at radius 2 is 2.35 bits per heavy atom. The fourth-order valence-electron chi connectivity index (χ4n) is 1.91. The number of fused-ring (bicyclic) bond motifs is 1. The molecular weight excluding hydrogens is 236 g/mol. The molecule has 3 rings (SSSR count). The van der Waals surface area contributed by atoms with Crippen molar-refractivity contribution in [1.29, 1.82) is 0 Å². The SMILES string of the molecule is CC(=O)c1csc(N2CCn3ccnc3C2)n1. The van der Waals surface area contributed by atoms with Crippen LogP contribution in [-0.2, 0) is 13.1 Å². The smallest absolute Gasteiger partial charge is 0.186 e. The zero-order valence-electron chi connectivity index (χ0n) is 9.46. The van der Waals surface area contributed by atoms with E-state index >= 15 is 0 Å². The van der Waals surface area contributed by atoms with Crippen LogP contribution in [0, 0.1) is 0 Å². The highest BCUT2D eigenvalue weighted by Crippen LogP contribution is 2.24. The largest absolute Gasteiger partial charge is 0.339 e. The fraction of sp³-hybridized carbons (Fsp3) is 0.364. The van der Waals surface area contributed by atoms with Crippen LogP contribution >= 0.6 is 11.3 Å². The molecule has 2 aromatic rings. The number of hydrogen-bond acceptors (Lipinski definition) is 5. The normalized spacial score (nSPS) is 14.8. The molecule has 0 unspecified atom stereocenters. The lowest BCUT2D eigenvalue weighted by Gasteiger charge is -2.27. The standard InChI is InChI=1S/C11H12N4OS/c1-8(16)9-7-17-11(13-9)15-5-4-14-3-2-12-10(14)6-15/h2-3,7H,4-6H2,1H3. The molecule has 3 heterocycles.